The third kappa shape index (κ3) is 2.64. The number of aryl methyl sites for hydroxylation is 1. The van der Waals surface area contributed by atoms with Crippen LogP contribution in [0, 0.1) is 24.1 Å². The zero-order valence-electron chi connectivity index (χ0n) is 9.94. The molecule has 0 aliphatic rings. The summed E-state index contributed by atoms with van der Waals surface area (Å²) in [5.74, 6) is -0.244. The molecule has 0 saturated heterocycles. The molecule has 0 bridgehead atoms. The van der Waals surface area contributed by atoms with Gasteiger partial charge < -0.3 is 5.32 Å². The number of rotatable bonds is 3. The maximum atomic E-state index is 13.3. The van der Waals surface area contributed by atoms with Crippen LogP contribution < -0.4 is 5.32 Å². The van der Waals surface area contributed by atoms with Gasteiger partial charge in [-0.2, -0.15) is 5.26 Å². The van der Waals surface area contributed by atoms with E-state index in [0.717, 1.165) is 5.56 Å². The van der Waals surface area contributed by atoms with Crippen LogP contribution in [0.5, 0.6) is 0 Å². The summed E-state index contributed by atoms with van der Waals surface area (Å²) in [5, 5.41) is 12.0. The van der Waals surface area contributed by atoms with E-state index < -0.39 is 0 Å². The predicted octanol–water partition coefficient (Wildman–Crippen LogP) is 3.01. The first kappa shape index (κ1) is 12.1. The molecule has 90 valence electrons. The third-order valence-corrected chi connectivity index (χ3v) is 2.65. The molecule has 1 aromatic heterocycles. The van der Waals surface area contributed by atoms with E-state index in [4.69, 9.17) is 5.26 Å². The quantitative estimate of drug-likeness (QED) is 0.898. The first-order valence-corrected chi connectivity index (χ1v) is 5.54. The summed E-state index contributed by atoms with van der Waals surface area (Å²) in [5.41, 5.74) is 2.48. The minimum absolute atomic E-state index is 0.244. The maximum absolute atomic E-state index is 13.3. The topological polar surface area (TPSA) is 48.7 Å². The summed E-state index contributed by atoms with van der Waals surface area (Å²) < 4.78 is 13.3. The molecule has 1 aromatic carbocycles. The number of nitriles is 1. The van der Waals surface area contributed by atoms with Gasteiger partial charge in [-0.15, -0.1) is 0 Å². The van der Waals surface area contributed by atoms with E-state index >= 15 is 0 Å². The smallest absolute Gasteiger partial charge is 0.145 e. The van der Waals surface area contributed by atoms with Gasteiger partial charge >= 0.3 is 0 Å². The standard InChI is InChI=1S/C14H12FN3/c1-10-4-5-12(7-13(10)15)18-9-11-3-2-6-17-14(11)8-16/h2-7,18H,9H2,1H3. The molecule has 2 rings (SSSR count). The number of pyridine rings is 1. The Morgan fingerprint density at radius 2 is 2.22 bits per heavy atom. The lowest BCUT2D eigenvalue weighted by molar-refractivity contribution is 0.619. The van der Waals surface area contributed by atoms with E-state index in [1.165, 1.54) is 6.07 Å². The van der Waals surface area contributed by atoms with Crippen LogP contribution in [0.25, 0.3) is 0 Å². The van der Waals surface area contributed by atoms with Gasteiger partial charge in [0.2, 0.25) is 0 Å². The van der Waals surface area contributed by atoms with E-state index in [1.54, 1.807) is 31.3 Å². The number of nitrogens with zero attached hydrogens (tertiary/aromatic N) is 2. The Morgan fingerprint density at radius 1 is 1.39 bits per heavy atom. The number of aromatic nitrogens is 1. The van der Waals surface area contributed by atoms with Crippen LogP contribution in [0.15, 0.2) is 36.5 Å². The Labute approximate surface area is 105 Å². The van der Waals surface area contributed by atoms with Gasteiger partial charge in [0.05, 0.1) is 0 Å². The highest BCUT2D eigenvalue weighted by Gasteiger charge is 2.03. The second kappa shape index (κ2) is 5.28. The Bertz CT molecular complexity index is 602. The van der Waals surface area contributed by atoms with Crippen molar-refractivity contribution in [1.29, 1.82) is 5.26 Å². The van der Waals surface area contributed by atoms with Crippen molar-refractivity contribution < 1.29 is 4.39 Å². The number of hydrogen-bond acceptors (Lipinski definition) is 3. The number of nitrogens with one attached hydrogen (secondary N) is 1. The molecule has 0 aliphatic carbocycles. The number of anilines is 1. The zero-order chi connectivity index (χ0) is 13.0. The summed E-state index contributed by atoms with van der Waals surface area (Å²) in [7, 11) is 0. The Morgan fingerprint density at radius 3 is 2.94 bits per heavy atom. The fraction of sp³-hybridized carbons (Fsp3) is 0.143. The molecule has 4 heteroatoms. The van der Waals surface area contributed by atoms with E-state index in [1.807, 2.05) is 12.1 Å². The van der Waals surface area contributed by atoms with Gasteiger partial charge in [-0.05, 0) is 30.7 Å². The normalized spacial score (nSPS) is 9.83. The van der Waals surface area contributed by atoms with Crippen molar-refractivity contribution in [3.63, 3.8) is 0 Å². The highest BCUT2D eigenvalue weighted by atomic mass is 19.1. The Balaban J connectivity index is 2.12. The highest BCUT2D eigenvalue weighted by Crippen LogP contribution is 2.15. The summed E-state index contributed by atoms with van der Waals surface area (Å²) in [4.78, 5) is 3.97. The lowest BCUT2D eigenvalue weighted by Crippen LogP contribution is -2.03. The predicted molar refractivity (Wildman–Crippen MR) is 67.4 cm³/mol. The second-order valence-corrected chi connectivity index (χ2v) is 3.94. The van der Waals surface area contributed by atoms with Crippen LogP contribution in [-0.2, 0) is 6.54 Å². The molecule has 0 radical (unpaired) electrons. The monoisotopic (exact) mass is 241 g/mol. The highest BCUT2D eigenvalue weighted by molar-refractivity contribution is 5.46. The summed E-state index contributed by atoms with van der Waals surface area (Å²) in [6.45, 7) is 2.16. The molecule has 0 amide bonds. The van der Waals surface area contributed by atoms with Gasteiger partial charge in [0.25, 0.3) is 0 Å². The van der Waals surface area contributed by atoms with Gasteiger partial charge in [-0.3, -0.25) is 0 Å². The van der Waals surface area contributed by atoms with Crippen LogP contribution in [0.2, 0.25) is 0 Å². The first-order valence-electron chi connectivity index (χ1n) is 5.54. The van der Waals surface area contributed by atoms with Gasteiger partial charge in [-0.25, -0.2) is 9.37 Å². The maximum Gasteiger partial charge on any atom is 0.145 e. The lowest BCUT2D eigenvalue weighted by Gasteiger charge is -2.08. The molecule has 3 nitrogen and oxygen atoms in total. The Kier molecular flexibility index (Phi) is 3.54. The van der Waals surface area contributed by atoms with E-state index in [-0.39, 0.29) is 5.82 Å². The van der Waals surface area contributed by atoms with Gasteiger partial charge in [0.1, 0.15) is 17.6 Å². The lowest BCUT2D eigenvalue weighted by atomic mass is 10.2. The molecule has 0 saturated carbocycles. The zero-order valence-corrected chi connectivity index (χ0v) is 9.94. The van der Waals surface area contributed by atoms with Crippen LogP contribution in [-0.4, -0.2) is 4.98 Å². The average molecular weight is 241 g/mol. The minimum Gasteiger partial charge on any atom is -0.381 e. The van der Waals surface area contributed by atoms with Crippen molar-refractivity contribution in [2.45, 2.75) is 13.5 Å². The Hall–Kier alpha value is -2.41. The van der Waals surface area contributed by atoms with Gasteiger partial charge in [0, 0.05) is 24.0 Å². The molecule has 0 fully saturated rings. The van der Waals surface area contributed by atoms with E-state index in [9.17, 15) is 4.39 Å². The fourth-order valence-electron chi connectivity index (χ4n) is 1.58. The van der Waals surface area contributed by atoms with Crippen LogP contribution in [0.1, 0.15) is 16.8 Å². The number of hydrogen-bond donors (Lipinski definition) is 1. The van der Waals surface area contributed by atoms with Crippen molar-refractivity contribution in [2.75, 3.05) is 5.32 Å². The number of halogens is 1. The minimum atomic E-state index is -0.244. The SMILES string of the molecule is Cc1ccc(NCc2cccnc2C#N)cc1F. The summed E-state index contributed by atoms with van der Waals surface area (Å²) in [6, 6.07) is 10.6. The van der Waals surface area contributed by atoms with Crippen LogP contribution in [0.3, 0.4) is 0 Å². The molecule has 0 unspecified atom stereocenters. The van der Waals surface area contributed by atoms with Crippen molar-refractivity contribution in [3.05, 3.63) is 59.2 Å². The van der Waals surface area contributed by atoms with E-state index in [2.05, 4.69) is 10.3 Å². The second-order valence-electron chi connectivity index (χ2n) is 3.94. The fourth-order valence-corrected chi connectivity index (χ4v) is 1.58. The molecule has 1 heterocycles. The van der Waals surface area contributed by atoms with Crippen molar-refractivity contribution in [3.8, 4) is 6.07 Å². The molecular weight excluding hydrogens is 229 g/mol. The molecule has 0 aliphatic heterocycles. The van der Waals surface area contributed by atoms with E-state index in [0.29, 0.717) is 23.5 Å². The van der Waals surface area contributed by atoms with Crippen LogP contribution >= 0.6 is 0 Å². The molecule has 0 spiro atoms. The third-order valence-electron chi connectivity index (χ3n) is 2.65. The molecule has 2 aromatic rings. The summed E-state index contributed by atoms with van der Waals surface area (Å²) >= 11 is 0. The first-order chi connectivity index (χ1) is 8.70. The molecular formula is C14H12FN3. The average Bonchev–Trinajstić information content (AvgIpc) is 2.40. The van der Waals surface area contributed by atoms with Gasteiger partial charge in [-0.1, -0.05) is 12.1 Å². The molecule has 18 heavy (non-hydrogen) atoms. The number of benzene rings is 1. The largest absolute Gasteiger partial charge is 0.381 e. The van der Waals surface area contributed by atoms with Crippen molar-refractivity contribution >= 4 is 5.69 Å². The van der Waals surface area contributed by atoms with Crippen LogP contribution in [0.4, 0.5) is 10.1 Å². The molecule has 1 N–H and O–H groups in total. The summed E-state index contributed by atoms with van der Waals surface area (Å²) in [6.07, 6.45) is 1.58. The molecule has 0 atom stereocenters. The van der Waals surface area contributed by atoms with Crippen molar-refractivity contribution in [1.82, 2.24) is 4.98 Å². The van der Waals surface area contributed by atoms with Crippen molar-refractivity contribution in [2.24, 2.45) is 0 Å². The van der Waals surface area contributed by atoms with Gasteiger partial charge in [0.15, 0.2) is 0 Å².